The molecule has 28 heavy (non-hydrogen) atoms. The van der Waals surface area contributed by atoms with Gasteiger partial charge in [-0.05, 0) is 55.5 Å². The van der Waals surface area contributed by atoms with Gasteiger partial charge in [-0.2, -0.15) is 0 Å². The van der Waals surface area contributed by atoms with Crippen LogP contribution >= 0.6 is 11.8 Å². The minimum absolute atomic E-state index is 0.0860. The summed E-state index contributed by atoms with van der Waals surface area (Å²) in [6.07, 6.45) is 1.51. The first kappa shape index (κ1) is 19.9. The van der Waals surface area contributed by atoms with Crippen LogP contribution in [0.5, 0.6) is 0 Å². The lowest BCUT2D eigenvalue weighted by molar-refractivity contribution is -0.115. The van der Waals surface area contributed by atoms with E-state index in [9.17, 15) is 13.2 Å². The van der Waals surface area contributed by atoms with E-state index in [1.54, 1.807) is 30.3 Å². The zero-order valence-electron chi connectivity index (χ0n) is 15.1. The van der Waals surface area contributed by atoms with Crippen molar-refractivity contribution in [1.29, 1.82) is 0 Å². The second-order valence-corrected chi connectivity index (χ2v) is 9.00. The number of amides is 1. The van der Waals surface area contributed by atoms with E-state index in [2.05, 4.69) is 15.0 Å². The molecule has 0 saturated heterocycles. The van der Waals surface area contributed by atoms with Gasteiger partial charge in [0.05, 0.1) is 10.1 Å². The van der Waals surface area contributed by atoms with Gasteiger partial charge in [-0.1, -0.05) is 24.3 Å². The molecule has 0 spiro atoms. The van der Waals surface area contributed by atoms with Crippen molar-refractivity contribution in [2.75, 3.05) is 10.0 Å². The van der Waals surface area contributed by atoms with Crippen LogP contribution in [-0.2, 0) is 14.8 Å². The second-order valence-electron chi connectivity index (χ2n) is 5.91. The van der Waals surface area contributed by atoms with Gasteiger partial charge < -0.3 is 5.32 Å². The van der Waals surface area contributed by atoms with E-state index in [4.69, 9.17) is 0 Å². The molecule has 0 aliphatic heterocycles. The Morgan fingerprint density at radius 2 is 1.64 bits per heavy atom. The number of nitrogens with zero attached hydrogens (tertiary/aromatic N) is 1. The number of anilines is 2. The summed E-state index contributed by atoms with van der Waals surface area (Å²) in [7, 11) is -3.74. The van der Waals surface area contributed by atoms with E-state index in [1.807, 2.05) is 37.3 Å². The molecule has 3 aromatic rings. The van der Waals surface area contributed by atoms with Crippen molar-refractivity contribution in [3.63, 3.8) is 0 Å². The fraction of sp³-hybridized carbons (Fsp3) is 0.100. The number of benzene rings is 2. The molecule has 0 aliphatic carbocycles. The van der Waals surface area contributed by atoms with Gasteiger partial charge in [-0.15, -0.1) is 11.8 Å². The van der Waals surface area contributed by atoms with Crippen molar-refractivity contribution in [1.82, 2.24) is 4.98 Å². The number of rotatable bonds is 7. The van der Waals surface area contributed by atoms with Crippen LogP contribution in [-0.4, -0.2) is 24.6 Å². The van der Waals surface area contributed by atoms with Crippen LogP contribution in [0.1, 0.15) is 6.92 Å². The van der Waals surface area contributed by atoms with Crippen LogP contribution < -0.4 is 10.0 Å². The largest absolute Gasteiger partial charge is 0.325 e. The maximum atomic E-state index is 12.4. The summed E-state index contributed by atoms with van der Waals surface area (Å²) in [5.74, 6) is 0.0858. The van der Waals surface area contributed by atoms with Crippen molar-refractivity contribution >= 4 is 39.2 Å². The SMILES string of the molecule is C[C@H](Sc1ccccc1)C(=O)Nc1ccc(S(=O)(=O)Nc2ccccn2)cc1. The zero-order chi connectivity index (χ0) is 20.0. The first-order chi connectivity index (χ1) is 13.4. The Morgan fingerprint density at radius 3 is 2.29 bits per heavy atom. The number of hydrogen-bond donors (Lipinski definition) is 2. The van der Waals surface area contributed by atoms with Gasteiger partial charge in [-0.25, -0.2) is 13.4 Å². The molecule has 144 valence electrons. The summed E-state index contributed by atoms with van der Waals surface area (Å²) >= 11 is 1.45. The Morgan fingerprint density at radius 1 is 0.964 bits per heavy atom. The highest BCUT2D eigenvalue weighted by molar-refractivity contribution is 8.00. The average molecular weight is 414 g/mol. The minimum atomic E-state index is -3.74. The third kappa shape index (κ3) is 5.34. The second kappa shape index (κ2) is 8.90. The number of carbonyl (C=O) groups excluding carboxylic acids is 1. The lowest BCUT2D eigenvalue weighted by atomic mass is 10.3. The molecule has 0 saturated carbocycles. The summed E-state index contributed by atoms with van der Waals surface area (Å²) in [6.45, 7) is 1.82. The Kier molecular flexibility index (Phi) is 6.33. The van der Waals surface area contributed by atoms with Crippen molar-refractivity contribution < 1.29 is 13.2 Å². The number of pyridine rings is 1. The fourth-order valence-electron chi connectivity index (χ4n) is 2.34. The highest BCUT2D eigenvalue weighted by atomic mass is 32.2. The normalized spacial score (nSPS) is 12.2. The van der Waals surface area contributed by atoms with Crippen molar-refractivity contribution in [3.05, 3.63) is 79.0 Å². The molecule has 2 N–H and O–H groups in total. The summed E-state index contributed by atoms with van der Waals surface area (Å²) < 4.78 is 27.2. The van der Waals surface area contributed by atoms with Gasteiger partial charge in [0.2, 0.25) is 5.91 Å². The Labute approximate surface area is 168 Å². The summed E-state index contributed by atoms with van der Waals surface area (Å²) in [5.41, 5.74) is 0.530. The lowest BCUT2D eigenvalue weighted by Crippen LogP contribution is -2.22. The molecule has 1 amide bonds. The first-order valence-corrected chi connectivity index (χ1v) is 10.9. The maximum absolute atomic E-state index is 12.4. The van der Waals surface area contributed by atoms with Crippen LogP contribution in [0.25, 0.3) is 0 Å². The predicted octanol–water partition coefficient (Wildman–Crippen LogP) is 4.00. The third-order valence-corrected chi connectivity index (χ3v) is 6.24. The lowest BCUT2D eigenvalue weighted by Gasteiger charge is -2.12. The Bertz CT molecular complexity index is 1030. The van der Waals surface area contributed by atoms with Gasteiger partial charge in [-0.3, -0.25) is 9.52 Å². The quantitative estimate of drug-likeness (QED) is 0.572. The molecule has 0 aliphatic rings. The van der Waals surface area contributed by atoms with Crippen molar-refractivity contribution in [3.8, 4) is 0 Å². The van der Waals surface area contributed by atoms with Crippen molar-refractivity contribution in [2.45, 2.75) is 22.0 Å². The minimum Gasteiger partial charge on any atom is -0.325 e. The van der Waals surface area contributed by atoms with Crippen LogP contribution in [0.3, 0.4) is 0 Å². The molecule has 0 unspecified atom stereocenters. The van der Waals surface area contributed by atoms with Crippen molar-refractivity contribution in [2.24, 2.45) is 0 Å². The topological polar surface area (TPSA) is 88.2 Å². The smallest absolute Gasteiger partial charge is 0.263 e. The van der Waals surface area contributed by atoms with Gasteiger partial charge in [0.15, 0.2) is 0 Å². The monoisotopic (exact) mass is 413 g/mol. The zero-order valence-corrected chi connectivity index (χ0v) is 16.7. The molecule has 1 heterocycles. The van der Waals surface area contributed by atoms with Crippen LogP contribution in [0, 0.1) is 0 Å². The number of nitrogens with one attached hydrogen (secondary N) is 2. The van der Waals surface area contributed by atoms with E-state index in [0.29, 0.717) is 5.69 Å². The van der Waals surface area contributed by atoms with Gasteiger partial charge in [0.25, 0.3) is 10.0 Å². The molecule has 0 bridgehead atoms. The molecule has 0 radical (unpaired) electrons. The summed E-state index contributed by atoms with van der Waals surface area (Å²) in [6, 6.07) is 20.6. The molecule has 8 heteroatoms. The highest BCUT2D eigenvalue weighted by Gasteiger charge is 2.17. The van der Waals surface area contributed by atoms with Crippen LogP contribution in [0.4, 0.5) is 11.5 Å². The Hall–Kier alpha value is -2.84. The molecule has 1 aromatic heterocycles. The molecular weight excluding hydrogens is 394 g/mol. The van der Waals surface area contributed by atoms with Gasteiger partial charge in [0.1, 0.15) is 5.82 Å². The van der Waals surface area contributed by atoms with Gasteiger partial charge in [0, 0.05) is 16.8 Å². The molecule has 3 rings (SSSR count). The summed E-state index contributed by atoms with van der Waals surface area (Å²) in [4.78, 5) is 17.4. The summed E-state index contributed by atoms with van der Waals surface area (Å²) in [5, 5.41) is 2.51. The number of carbonyl (C=O) groups is 1. The molecule has 2 aromatic carbocycles. The number of sulfonamides is 1. The first-order valence-electron chi connectivity index (χ1n) is 8.50. The third-order valence-electron chi connectivity index (χ3n) is 3.76. The van der Waals surface area contributed by atoms with Crippen LogP contribution in [0.15, 0.2) is 88.8 Å². The van der Waals surface area contributed by atoms with Gasteiger partial charge >= 0.3 is 0 Å². The van der Waals surface area contributed by atoms with E-state index in [-0.39, 0.29) is 21.9 Å². The molecule has 1 atom stereocenters. The van der Waals surface area contributed by atoms with E-state index < -0.39 is 10.0 Å². The van der Waals surface area contributed by atoms with E-state index in [1.165, 1.54) is 30.1 Å². The van der Waals surface area contributed by atoms with Crippen LogP contribution in [0.2, 0.25) is 0 Å². The Balaban J connectivity index is 1.63. The molecular formula is C20H19N3O3S2. The maximum Gasteiger partial charge on any atom is 0.263 e. The van der Waals surface area contributed by atoms with E-state index in [0.717, 1.165) is 4.90 Å². The number of thioether (sulfide) groups is 1. The average Bonchev–Trinajstić information content (AvgIpc) is 2.69. The predicted molar refractivity (Wildman–Crippen MR) is 112 cm³/mol. The molecule has 6 nitrogen and oxygen atoms in total. The van der Waals surface area contributed by atoms with E-state index >= 15 is 0 Å². The fourth-order valence-corrected chi connectivity index (χ4v) is 4.23. The highest BCUT2D eigenvalue weighted by Crippen LogP contribution is 2.24. The number of aromatic nitrogens is 1. The molecule has 0 fully saturated rings. The number of hydrogen-bond acceptors (Lipinski definition) is 5. The standard InChI is InChI=1S/C20H19N3O3S2/c1-15(27-17-7-3-2-4-8-17)20(24)22-16-10-12-18(13-11-16)28(25,26)23-19-9-5-6-14-21-19/h2-15H,1H3,(H,21,23)(H,22,24)/t15-/m0/s1.